The van der Waals surface area contributed by atoms with Crippen LogP contribution in [0.2, 0.25) is 0 Å². The average Bonchev–Trinajstić information content (AvgIpc) is 3.02. The first-order chi connectivity index (χ1) is 12.6. The van der Waals surface area contributed by atoms with E-state index in [-0.39, 0.29) is 0 Å². The Bertz CT molecular complexity index is 1100. The highest BCUT2D eigenvalue weighted by atomic mass is 15.2. The SMILES string of the molecule is Cc1ccc(N=Nc2c(-c3ccc(C)c(C)c3)nc3ccccn23)cc1. The first-order valence-corrected chi connectivity index (χ1v) is 8.65. The molecule has 0 unspecified atom stereocenters. The molecule has 4 rings (SSSR count). The summed E-state index contributed by atoms with van der Waals surface area (Å²) in [7, 11) is 0. The number of hydrogen-bond donors (Lipinski definition) is 0. The molecule has 0 saturated carbocycles. The van der Waals surface area contributed by atoms with Crippen molar-refractivity contribution in [3.63, 3.8) is 0 Å². The van der Waals surface area contributed by atoms with Crippen molar-refractivity contribution < 1.29 is 0 Å². The molecule has 0 fully saturated rings. The van der Waals surface area contributed by atoms with Gasteiger partial charge in [0.25, 0.3) is 0 Å². The largest absolute Gasteiger partial charge is 0.283 e. The Balaban J connectivity index is 1.86. The number of rotatable bonds is 3. The molecule has 0 amide bonds. The molecular formula is C22H20N4. The fourth-order valence-electron chi connectivity index (χ4n) is 2.88. The van der Waals surface area contributed by atoms with Crippen molar-refractivity contribution in [2.75, 3.05) is 0 Å². The number of fused-ring (bicyclic) bond motifs is 1. The summed E-state index contributed by atoms with van der Waals surface area (Å²) >= 11 is 0. The van der Waals surface area contributed by atoms with Crippen molar-refractivity contribution in [2.24, 2.45) is 10.2 Å². The van der Waals surface area contributed by atoms with Gasteiger partial charge in [0.15, 0.2) is 5.82 Å². The Morgan fingerprint density at radius 3 is 2.38 bits per heavy atom. The van der Waals surface area contributed by atoms with Gasteiger partial charge in [0, 0.05) is 11.8 Å². The Hall–Kier alpha value is -3.27. The minimum Gasteiger partial charge on any atom is -0.283 e. The van der Waals surface area contributed by atoms with E-state index < -0.39 is 0 Å². The zero-order valence-electron chi connectivity index (χ0n) is 15.1. The van der Waals surface area contributed by atoms with Gasteiger partial charge < -0.3 is 0 Å². The van der Waals surface area contributed by atoms with Gasteiger partial charge in [-0.3, -0.25) is 4.40 Å². The van der Waals surface area contributed by atoms with E-state index in [1.807, 2.05) is 53.1 Å². The fourth-order valence-corrected chi connectivity index (χ4v) is 2.88. The predicted molar refractivity (Wildman–Crippen MR) is 105 cm³/mol. The van der Waals surface area contributed by atoms with Gasteiger partial charge in [-0.1, -0.05) is 35.9 Å². The van der Waals surface area contributed by atoms with E-state index in [0.29, 0.717) is 0 Å². The summed E-state index contributed by atoms with van der Waals surface area (Å²) in [4.78, 5) is 4.79. The number of hydrogen-bond acceptors (Lipinski definition) is 3. The molecule has 0 radical (unpaired) electrons. The summed E-state index contributed by atoms with van der Waals surface area (Å²) in [5.74, 6) is 0.740. The Labute approximate surface area is 152 Å². The molecule has 0 aliphatic rings. The van der Waals surface area contributed by atoms with Crippen molar-refractivity contribution in [3.8, 4) is 11.3 Å². The molecule has 0 saturated heterocycles. The number of benzene rings is 2. The van der Waals surface area contributed by atoms with Crippen LogP contribution in [0.1, 0.15) is 16.7 Å². The van der Waals surface area contributed by atoms with Gasteiger partial charge in [0.2, 0.25) is 0 Å². The van der Waals surface area contributed by atoms with Crippen molar-refractivity contribution in [1.29, 1.82) is 0 Å². The zero-order valence-corrected chi connectivity index (χ0v) is 15.1. The number of aryl methyl sites for hydroxylation is 3. The Morgan fingerprint density at radius 2 is 1.62 bits per heavy atom. The third kappa shape index (κ3) is 3.02. The standard InChI is InChI=1S/C22H20N4/c1-15-7-11-19(12-8-15)24-25-22-21(18-10-9-16(2)17(3)14-18)23-20-6-4-5-13-26(20)22/h4-14H,1-3H3. The van der Waals surface area contributed by atoms with Gasteiger partial charge in [-0.2, -0.15) is 0 Å². The summed E-state index contributed by atoms with van der Waals surface area (Å²) in [5, 5.41) is 8.98. The lowest BCUT2D eigenvalue weighted by atomic mass is 10.0. The minimum absolute atomic E-state index is 0.740. The molecule has 2 aromatic heterocycles. The van der Waals surface area contributed by atoms with Gasteiger partial charge in [-0.15, -0.1) is 10.2 Å². The van der Waals surface area contributed by atoms with E-state index in [0.717, 1.165) is 28.4 Å². The van der Waals surface area contributed by atoms with Crippen LogP contribution in [0, 0.1) is 20.8 Å². The van der Waals surface area contributed by atoms with Crippen molar-refractivity contribution in [2.45, 2.75) is 20.8 Å². The fraction of sp³-hybridized carbons (Fsp3) is 0.136. The highest BCUT2D eigenvalue weighted by molar-refractivity contribution is 5.75. The molecule has 4 heteroatoms. The summed E-state index contributed by atoms with van der Waals surface area (Å²) in [6, 6.07) is 20.3. The molecule has 0 N–H and O–H groups in total. The third-order valence-electron chi connectivity index (χ3n) is 4.58. The number of aromatic nitrogens is 2. The topological polar surface area (TPSA) is 42.0 Å². The lowest BCUT2D eigenvalue weighted by Gasteiger charge is -2.04. The minimum atomic E-state index is 0.740. The quantitative estimate of drug-likeness (QED) is 0.401. The molecule has 0 bridgehead atoms. The van der Waals surface area contributed by atoms with Crippen LogP contribution in [0.4, 0.5) is 11.5 Å². The Morgan fingerprint density at radius 1 is 0.808 bits per heavy atom. The molecule has 4 nitrogen and oxygen atoms in total. The van der Waals surface area contributed by atoms with E-state index in [9.17, 15) is 0 Å². The molecular weight excluding hydrogens is 320 g/mol. The van der Waals surface area contributed by atoms with Crippen LogP contribution in [-0.4, -0.2) is 9.38 Å². The first kappa shape index (κ1) is 16.2. The van der Waals surface area contributed by atoms with E-state index in [4.69, 9.17) is 4.98 Å². The van der Waals surface area contributed by atoms with Gasteiger partial charge in [0.05, 0.1) is 5.69 Å². The van der Waals surface area contributed by atoms with Gasteiger partial charge in [0.1, 0.15) is 11.3 Å². The molecule has 4 aromatic rings. The van der Waals surface area contributed by atoms with E-state index in [2.05, 4.69) is 49.2 Å². The van der Waals surface area contributed by atoms with Crippen LogP contribution in [0.15, 0.2) is 77.1 Å². The molecule has 0 aliphatic carbocycles. The maximum absolute atomic E-state index is 4.79. The normalized spacial score (nSPS) is 11.5. The highest BCUT2D eigenvalue weighted by Crippen LogP contribution is 2.33. The first-order valence-electron chi connectivity index (χ1n) is 8.65. The molecule has 0 aliphatic heterocycles. The maximum atomic E-state index is 4.79. The summed E-state index contributed by atoms with van der Waals surface area (Å²) in [6.07, 6.45) is 1.97. The second-order valence-electron chi connectivity index (χ2n) is 6.55. The monoisotopic (exact) mass is 340 g/mol. The van der Waals surface area contributed by atoms with Crippen LogP contribution in [0.25, 0.3) is 16.9 Å². The second kappa shape index (κ2) is 6.56. The molecule has 0 atom stereocenters. The molecule has 26 heavy (non-hydrogen) atoms. The van der Waals surface area contributed by atoms with Crippen LogP contribution >= 0.6 is 0 Å². The van der Waals surface area contributed by atoms with Crippen LogP contribution < -0.4 is 0 Å². The summed E-state index contributed by atoms with van der Waals surface area (Å²) in [6.45, 7) is 6.28. The lowest BCUT2D eigenvalue weighted by molar-refractivity contribution is 1.10. The van der Waals surface area contributed by atoms with E-state index in [1.165, 1.54) is 16.7 Å². The van der Waals surface area contributed by atoms with E-state index >= 15 is 0 Å². The van der Waals surface area contributed by atoms with Gasteiger partial charge in [-0.25, -0.2) is 4.98 Å². The van der Waals surface area contributed by atoms with Gasteiger partial charge >= 0.3 is 0 Å². The highest BCUT2D eigenvalue weighted by Gasteiger charge is 2.14. The second-order valence-corrected chi connectivity index (χ2v) is 6.55. The number of pyridine rings is 1. The zero-order chi connectivity index (χ0) is 18.1. The van der Waals surface area contributed by atoms with Crippen molar-refractivity contribution >= 4 is 17.2 Å². The Kier molecular flexibility index (Phi) is 4.09. The molecule has 0 spiro atoms. The number of azo groups is 1. The van der Waals surface area contributed by atoms with Crippen LogP contribution in [0.3, 0.4) is 0 Å². The van der Waals surface area contributed by atoms with Crippen molar-refractivity contribution in [3.05, 3.63) is 83.6 Å². The molecule has 128 valence electrons. The number of nitrogens with zero attached hydrogens (tertiary/aromatic N) is 4. The molecule has 2 heterocycles. The average molecular weight is 340 g/mol. The number of imidazole rings is 1. The van der Waals surface area contributed by atoms with Crippen molar-refractivity contribution in [1.82, 2.24) is 9.38 Å². The predicted octanol–water partition coefficient (Wildman–Crippen LogP) is 6.34. The summed E-state index contributed by atoms with van der Waals surface area (Å²) < 4.78 is 1.97. The van der Waals surface area contributed by atoms with Crippen LogP contribution in [0.5, 0.6) is 0 Å². The van der Waals surface area contributed by atoms with E-state index in [1.54, 1.807) is 0 Å². The maximum Gasteiger partial charge on any atom is 0.187 e. The van der Waals surface area contributed by atoms with Gasteiger partial charge in [-0.05, 0) is 62.2 Å². The third-order valence-corrected chi connectivity index (χ3v) is 4.58. The summed E-state index contributed by atoms with van der Waals surface area (Å²) in [5.41, 5.74) is 7.28. The molecule has 2 aromatic carbocycles. The lowest BCUT2D eigenvalue weighted by Crippen LogP contribution is -1.84. The smallest absolute Gasteiger partial charge is 0.187 e. The van der Waals surface area contributed by atoms with Crippen LogP contribution in [-0.2, 0) is 0 Å².